The number of hydrogen-bond donors (Lipinski definition) is 1. The molecule has 1 aromatic heterocycles. The molecule has 0 radical (unpaired) electrons. The van der Waals surface area contributed by atoms with Crippen LogP contribution in [0.2, 0.25) is 0 Å². The third-order valence-corrected chi connectivity index (χ3v) is 3.96. The number of thioether (sulfide) groups is 1. The van der Waals surface area contributed by atoms with Crippen molar-refractivity contribution in [3.63, 3.8) is 0 Å². The first kappa shape index (κ1) is 13.5. The summed E-state index contributed by atoms with van der Waals surface area (Å²) in [4.78, 5) is 0. The van der Waals surface area contributed by atoms with Crippen molar-refractivity contribution in [2.24, 2.45) is 0 Å². The number of benzene rings is 1. The Morgan fingerprint density at radius 2 is 2.11 bits per heavy atom. The molecule has 1 aromatic carbocycles. The quantitative estimate of drug-likeness (QED) is 0.772. The van der Waals surface area contributed by atoms with Gasteiger partial charge in [-0.25, -0.2) is 0 Å². The standard InChI is InChI=1S/C15H22N2S/c1-16-9-8-13-12-17(10-5-11-18-2)15-7-4-3-6-14(13)15/h3-4,6-7,12,16H,5,8-11H2,1-2H3. The summed E-state index contributed by atoms with van der Waals surface area (Å²) in [6, 6.07) is 8.75. The Labute approximate surface area is 114 Å². The van der Waals surface area contributed by atoms with E-state index in [9.17, 15) is 0 Å². The molecule has 18 heavy (non-hydrogen) atoms. The van der Waals surface area contributed by atoms with Crippen molar-refractivity contribution < 1.29 is 0 Å². The summed E-state index contributed by atoms with van der Waals surface area (Å²) in [6.07, 6.45) is 6.85. The third-order valence-electron chi connectivity index (χ3n) is 3.26. The maximum Gasteiger partial charge on any atom is 0.0483 e. The molecule has 0 aliphatic rings. The lowest BCUT2D eigenvalue weighted by atomic mass is 10.1. The zero-order valence-electron chi connectivity index (χ0n) is 11.3. The minimum absolute atomic E-state index is 1.04. The lowest BCUT2D eigenvalue weighted by molar-refractivity contribution is 0.704. The van der Waals surface area contributed by atoms with Gasteiger partial charge in [-0.2, -0.15) is 11.8 Å². The topological polar surface area (TPSA) is 17.0 Å². The Kier molecular flexibility index (Phi) is 5.14. The number of hydrogen-bond acceptors (Lipinski definition) is 2. The van der Waals surface area contributed by atoms with E-state index in [4.69, 9.17) is 0 Å². The number of nitrogens with one attached hydrogen (secondary N) is 1. The van der Waals surface area contributed by atoms with Crippen LogP contribution in [-0.4, -0.2) is 30.2 Å². The van der Waals surface area contributed by atoms with Crippen LogP contribution in [0.3, 0.4) is 0 Å². The normalized spacial score (nSPS) is 11.2. The number of nitrogens with zero attached hydrogens (tertiary/aromatic N) is 1. The highest BCUT2D eigenvalue weighted by atomic mass is 32.2. The first-order chi connectivity index (χ1) is 8.86. The summed E-state index contributed by atoms with van der Waals surface area (Å²) in [5.74, 6) is 1.23. The van der Waals surface area contributed by atoms with E-state index in [0.717, 1.165) is 19.5 Å². The van der Waals surface area contributed by atoms with Crippen LogP contribution >= 0.6 is 11.8 Å². The van der Waals surface area contributed by atoms with Crippen molar-refractivity contribution >= 4 is 22.7 Å². The molecule has 3 heteroatoms. The van der Waals surface area contributed by atoms with Crippen LogP contribution < -0.4 is 5.32 Å². The fraction of sp³-hybridized carbons (Fsp3) is 0.467. The van der Waals surface area contributed by atoms with Gasteiger partial charge in [0.25, 0.3) is 0 Å². The minimum atomic E-state index is 1.04. The molecule has 2 rings (SSSR count). The van der Waals surface area contributed by atoms with Crippen LogP contribution in [0.5, 0.6) is 0 Å². The maximum absolute atomic E-state index is 3.23. The molecule has 0 spiro atoms. The van der Waals surface area contributed by atoms with E-state index in [2.05, 4.69) is 46.6 Å². The Balaban J connectivity index is 2.23. The van der Waals surface area contributed by atoms with E-state index < -0.39 is 0 Å². The molecule has 2 nitrogen and oxygen atoms in total. The minimum Gasteiger partial charge on any atom is -0.347 e. The van der Waals surface area contributed by atoms with E-state index in [1.807, 2.05) is 18.8 Å². The molecule has 0 amide bonds. The van der Waals surface area contributed by atoms with Gasteiger partial charge in [-0.3, -0.25) is 0 Å². The molecule has 0 fully saturated rings. The van der Waals surface area contributed by atoms with E-state index >= 15 is 0 Å². The summed E-state index contributed by atoms with van der Waals surface area (Å²) < 4.78 is 2.41. The molecule has 98 valence electrons. The average molecular weight is 262 g/mol. The first-order valence-corrected chi connectivity index (χ1v) is 7.96. The van der Waals surface area contributed by atoms with Gasteiger partial charge in [0, 0.05) is 23.6 Å². The Morgan fingerprint density at radius 1 is 1.28 bits per heavy atom. The third kappa shape index (κ3) is 3.09. The van der Waals surface area contributed by atoms with Crippen molar-refractivity contribution in [1.82, 2.24) is 9.88 Å². The van der Waals surface area contributed by atoms with Gasteiger partial charge >= 0.3 is 0 Å². The molecular formula is C15H22N2S. The summed E-state index contributed by atoms with van der Waals surface area (Å²) in [5, 5.41) is 4.64. The summed E-state index contributed by atoms with van der Waals surface area (Å²) in [5.41, 5.74) is 2.84. The van der Waals surface area contributed by atoms with E-state index in [1.54, 1.807) is 0 Å². The van der Waals surface area contributed by atoms with Gasteiger partial charge in [-0.15, -0.1) is 0 Å². The van der Waals surface area contributed by atoms with Crippen LogP contribution in [0.25, 0.3) is 10.9 Å². The predicted molar refractivity (Wildman–Crippen MR) is 82.6 cm³/mol. The Morgan fingerprint density at radius 3 is 2.89 bits per heavy atom. The van der Waals surface area contributed by atoms with Gasteiger partial charge in [0.15, 0.2) is 0 Å². The zero-order chi connectivity index (χ0) is 12.8. The molecule has 0 bridgehead atoms. The highest BCUT2D eigenvalue weighted by Gasteiger charge is 2.07. The average Bonchev–Trinajstić information content (AvgIpc) is 2.76. The number of aromatic nitrogens is 1. The first-order valence-electron chi connectivity index (χ1n) is 6.57. The lowest BCUT2D eigenvalue weighted by Crippen LogP contribution is -2.10. The molecule has 2 aromatic rings. The SMILES string of the molecule is CNCCc1cn(CCCSC)c2ccccc12. The van der Waals surface area contributed by atoms with E-state index in [-0.39, 0.29) is 0 Å². The molecule has 0 saturated carbocycles. The largest absolute Gasteiger partial charge is 0.347 e. The molecule has 0 unspecified atom stereocenters. The number of likely N-dealkylation sites (N-methyl/N-ethyl adjacent to an activating group) is 1. The van der Waals surface area contributed by atoms with Crippen LogP contribution in [-0.2, 0) is 13.0 Å². The second kappa shape index (κ2) is 6.86. The monoisotopic (exact) mass is 262 g/mol. The number of fused-ring (bicyclic) bond motifs is 1. The van der Waals surface area contributed by atoms with Gasteiger partial charge in [0.1, 0.15) is 0 Å². The molecular weight excluding hydrogens is 240 g/mol. The fourth-order valence-corrected chi connectivity index (χ4v) is 2.76. The van der Waals surface area contributed by atoms with Gasteiger partial charge in [-0.1, -0.05) is 18.2 Å². The number of aryl methyl sites for hydroxylation is 1. The molecule has 1 N–H and O–H groups in total. The van der Waals surface area contributed by atoms with Crippen LogP contribution in [0.4, 0.5) is 0 Å². The maximum atomic E-state index is 3.23. The Hall–Kier alpha value is -0.930. The predicted octanol–water partition coefficient (Wildman–Crippen LogP) is 3.16. The van der Waals surface area contributed by atoms with E-state index in [1.165, 1.54) is 28.6 Å². The molecule has 1 heterocycles. The summed E-state index contributed by atoms with van der Waals surface area (Å²) >= 11 is 1.92. The van der Waals surface area contributed by atoms with Crippen molar-refractivity contribution in [2.75, 3.05) is 25.6 Å². The van der Waals surface area contributed by atoms with Crippen molar-refractivity contribution in [1.29, 1.82) is 0 Å². The highest BCUT2D eigenvalue weighted by Crippen LogP contribution is 2.22. The van der Waals surface area contributed by atoms with E-state index in [0.29, 0.717) is 0 Å². The number of para-hydroxylation sites is 1. The molecule has 0 aliphatic heterocycles. The van der Waals surface area contributed by atoms with Crippen LogP contribution in [0.15, 0.2) is 30.5 Å². The Bertz CT molecular complexity index is 490. The van der Waals surface area contributed by atoms with Gasteiger partial charge < -0.3 is 9.88 Å². The fourth-order valence-electron chi connectivity index (χ4n) is 2.35. The van der Waals surface area contributed by atoms with Crippen LogP contribution in [0, 0.1) is 0 Å². The van der Waals surface area contributed by atoms with Crippen molar-refractivity contribution in [3.8, 4) is 0 Å². The zero-order valence-corrected chi connectivity index (χ0v) is 12.1. The van der Waals surface area contributed by atoms with Crippen LogP contribution in [0.1, 0.15) is 12.0 Å². The molecule has 0 saturated heterocycles. The lowest BCUT2D eigenvalue weighted by Gasteiger charge is -2.03. The van der Waals surface area contributed by atoms with Gasteiger partial charge in [0.2, 0.25) is 0 Å². The second-order valence-electron chi connectivity index (χ2n) is 4.56. The number of rotatable bonds is 7. The highest BCUT2D eigenvalue weighted by molar-refractivity contribution is 7.98. The smallest absolute Gasteiger partial charge is 0.0483 e. The summed E-state index contributed by atoms with van der Waals surface area (Å²) in [6.45, 7) is 2.17. The molecule has 0 aliphatic carbocycles. The van der Waals surface area contributed by atoms with Crippen molar-refractivity contribution in [2.45, 2.75) is 19.4 Å². The summed E-state index contributed by atoms with van der Waals surface area (Å²) in [7, 11) is 2.01. The van der Waals surface area contributed by atoms with Crippen molar-refractivity contribution in [3.05, 3.63) is 36.0 Å². The van der Waals surface area contributed by atoms with Gasteiger partial charge in [0.05, 0.1) is 0 Å². The second-order valence-corrected chi connectivity index (χ2v) is 5.55. The molecule has 0 atom stereocenters. The van der Waals surface area contributed by atoms with Gasteiger partial charge in [-0.05, 0) is 50.1 Å².